The van der Waals surface area contributed by atoms with Gasteiger partial charge in [0.2, 0.25) is 11.8 Å². The predicted octanol–water partition coefficient (Wildman–Crippen LogP) is 1.36. The first-order valence-corrected chi connectivity index (χ1v) is 6.27. The van der Waals surface area contributed by atoms with Crippen molar-refractivity contribution in [3.8, 4) is 0 Å². The standard InChI is InChI=1S/C13H21NO4/c1-9(2)13(3,4)12(17)18-8-7-14-10(15)5-6-11(14)16/h9H,5-8H2,1-4H3. The van der Waals surface area contributed by atoms with E-state index in [2.05, 4.69) is 0 Å². The second kappa shape index (κ2) is 5.50. The summed E-state index contributed by atoms with van der Waals surface area (Å²) in [5, 5.41) is 0. The molecular weight excluding hydrogens is 234 g/mol. The van der Waals surface area contributed by atoms with Crippen LogP contribution in [0.3, 0.4) is 0 Å². The molecule has 5 heteroatoms. The average Bonchev–Trinajstić information content (AvgIpc) is 2.59. The Morgan fingerprint density at radius 2 is 1.78 bits per heavy atom. The summed E-state index contributed by atoms with van der Waals surface area (Å²) in [7, 11) is 0. The van der Waals surface area contributed by atoms with Crippen molar-refractivity contribution in [2.75, 3.05) is 13.2 Å². The van der Waals surface area contributed by atoms with Gasteiger partial charge in [0.25, 0.3) is 0 Å². The minimum absolute atomic E-state index is 0.0759. The molecule has 1 heterocycles. The van der Waals surface area contributed by atoms with Crippen molar-refractivity contribution < 1.29 is 19.1 Å². The molecule has 0 aromatic carbocycles. The van der Waals surface area contributed by atoms with Gasteiger partial charge in [-0.1, -0.05) is 13.8 Å². The van der Waals surface area contributed by atoms with Gasteiger partial charge in [0.05, 0.1) is 12.0 Å². The van der Waals surface area contributed by atoms with Gasteiger partial charge in [-0.15, -0.1) is 0 Å². The van der Waals surface area contributed by atoms with Crippen LogP contribution in [-0.4, -0.2) is 35.8 Å². The first-order valence-electron chi connectivity index (χ1n) is 6.27. The van der Waals surface area contributed by atoms with Gasteiger partial charge in [-0.05, 0) is 19.8 Å². The lowest BCUT2D eigenvalue weighted by atomic mass is 9.81. The third-order valence-electron chi connectivity index (χ3n) is 3.67. The van der Waals surface area contributed by atoms with E-state index in [1.807, 2.05) is 27.7 Å². The molecule has 2 amide bonds. The Hall–Kier alpha value is -1.39. The number of amides is 2. The molecular formula is C13H21NO4. The molecule has 0 N–H and O–H groups in total. The summed E-state index contributed by atoms with van der Waals surface area (Å²) in [4.78, 5) is 35.7. The molecule has 1 fully saturated rings. The van der Waals surface area contributed by atoms with E-state index < -0.39 is 5.41 Å². The summed E-state index contributed by atoms with van der Waals surface area (Å²) < 4.78 is 5.14. The summed E-state index contributed by atoms with van der Waals surface area (Å²) in [6.07, 6.45) is 0.536. The van der Waals surface area contributed by atoms with Crippen LogP contribution in [-0.2, 0) is 19.1 Å². The van der Waals surface area contributed by atoms with Crippen LogP contribution in [0.2, 0.25) is 0 Å². The lowest BCUT2D eigenvalue weighted by molar-refractivity contribution is -0.158. The predicted molar refractivity (Wildman–Crippen MR) is 65.5 cm³/mol. The van der Waals surface area contributed by atoms with Crippen molar-refractivity contribution in [2.45, 2.75) is 40.5 Å². The van der Waals surface area contributed by atoms with Crippen LogP contribution in [0.4, 0.5) is 0 Å². The van der Waals surface area contributed by atoms with E-state index in [0.717, 1.165) is 4.90 Å². The highest BCUT2D eigenvalue weighted by Gasteiger charge is 2.33. The zero-order chi connectivity index (χ0) is 13.9. The lowest BCUT2D eigenvalue weighted by Gasteiger charge is -2.27. The number of carbonyl (C=O) groups is 3. The number of esters is 1. The molecule has 0 aromatic rings. The Labute approximate surface area is 107 Å². The van der Waals surface area contributed by atoms with E-state index in [1.165, 1.54) is 0 Å². The van der Waals surface area contributed by atoms with Crippen molar-refractivity contribution in [3.63, 3.8) is 0 Å². The fraction of sp³-hybridized carbons (Fsp3) is 0.769. The smallest absolute Gasteiger partial charge is 0.311 e. The van der Waals surface area contributed by atoms with E-state index in [1.54, 1.807) is 0 Å². The van der Waals surface area contributed by atoms with Crippen molar-refractivity contribution in [2.24, 2.45) is 11.3 Å². The summed E-state index contributed by atoms with van der Waals surface area (Å²) in [6, 6.07) is 0. The van der Waals surface area contributed by atoms with E-state index in [9.17, 15) is 14.4 Å². The van der Waals surface area contributed by atoms with Gasteiger partial charge in [0, 0.05) is 12.8 Å². The van der Waals surface area contributed by atoms with Crippen LogP contribution < -0.4 is 0 Å². The van der Waals surface area contributed by atoms with Gasteiger partial charge >= 0.3 is 5.97 Å². The minimum Gasteiger partial charge on any atom is -0.463 e. The second-order valence-corrected chi connectivity index (χ2v) is 5.45. The largest absolute Gasteiger partial charge is 0.463 e. The summed E-state index contributed by atoms with van der Waals surface area (Å²) in [6.45, 7) is 7.80. The van der Waals surface area contributed by atoms with E-state index in [4.69, 9.17) is 4.74 Å². The normalized spacial score (nSPS) is 16.6. The Morgan fingerprint density at radius 1 is 1.28 bits per heavy atom. The molecule has 5 nitrogen and oxygen atoms in total. The SMILES string of the molecule is CC(C)C(C)(C)C(=O)OCCN1C(=O)CCC1=O. The van der Waals surface area contributed by atoms with Crippen molar-refractivity contribution in [1.29, 1.82) is 0 Å². The maximum absolute atomic E-state index is 11.8. The summed E-state index contributed by atoms with van der Waals surface area (Å²) >= 11 is 0. The van der Waals surface area contributed by atoms with Crippen LogP contribution in [0.1, 0.15) is 40.5 Å². The molecule has 0 aromatic heterocycles. The number of hydrogen-bond donors (Lipinski definition) is 0. The highest BCUT2D eigenvalue weighted by Crippen LogP contribution is 2.27. The number of likely N-dealkylation sites (tertiary alicyclic amines) is 1. The molecule has 1 rings (SSSR count). The average molecular weight is 255 g/mol. The molecule has 102 valence electrons. The van der Waals surface area contributed by atoms with E-state index >= 15 is 0 Å². The van der Waals surface area contributed by atoms with Gasteiger partial charge in [0.15, 0.2) is 0 Å². The fourth-order valence-corrected chi connectivity index (χ4v) is 1.52. The first kappa shape index (κ1) is 14.7. The molecule has 1 saturated heterocycles. The first-order chi connectivity index (χ1) is 8.26. The van der Waals surface area contributed by atoms with Gasteiger partial charge in [0.1, 0.15) is 6.61 Å². The quantitative estimate of drug-likeness (QED) is 0.549. The van der Waals surface area contributed by atoms with Crippen LogP contribution >= 0.6 is 0 Å². The number of carbonyl (C=O) groups excluding carboxylic acids is 3. The Kier molecular flexibility index (Phi) is 4.48. The van der Waals surface area contributed by atoms with E-state index in [0.29, 0.717) is 0 Å². The molecule has 0 bridgehead atoms. The van der Waals surface area contributed by atoms with Crippen LogP contribution in [0.25, 0.3) is 0 Å². The third kappa shape index (κ3) is 3.09. The molecule has 0 aliphatic carbocycles. The van der Waals surface area contributed by atoms with Crippen molar-refractivity contribution in [3.05, 3.63) is 0 Å². The van der Waals surface area contributed by atoms with Gasteiger partial charge in [-0.25, -0.2) is 0 Å². The van der Waals surface area contributed by atoms with Crippen LogP contribution in [0.5, 0.6) is 0 Å². The van der Waals surface area contributed by atoms with Crippen molar-refractivity contribution in [1.82, 2.24) is 4.90 Å². The third-order valence-corrected chi connectivity index (χ3v) is 3.67. The maximum Gasteiger partial charge on any atom is 0.311 e. The fourth-order valence-electron chi connectivity index (χ4n) is 1.52. The number of hydrogen-bond acceptors (Lipinski definition) is 4. The molecule has 0 spiro atoms. The van der Waals surface area contributed by atoms with E-state index in [-0.39, 0.29) is 49.7 Å². The zero-order valence-electron chi connectivity index (χ0n) is 11.5. The lowest BCUT2D eigenvalue weighted by Crippen LogP contribution is -2.36. The van der Waals surface area contributed by atoms with Crippen LogP contribution in [0.15, 0.2) is 0 Å². The highest BCUT2D eigenvalue weighted by atomic mass is 16.5. The Morgan fingerprint density at radius 3 is 2.22 bits per heavy atom. The number of ether oxygens (including phenoxy) is 1. The van der Waals surface area contributed by atoms with Gasteiger partial charge in [-0.2, -0.15) is 0 Å². The molecule has 0 radical (unpaired) electrons. The maximum atomic E-state index is 11.8. The minimum atomic E-state index is -0.557. The van der Waals surface area contributed by atoms with Gasteiger partial charge < -0.3 is 4.74 Å². The summed E-state index contributed by atoms with van der Waals surface area (Å²) in [5.41, 5.74) is -0.557. The molecule has 1 aliphatic rings. The molecule has 0 saturated carbocycles. The molecule has 1 aliphatic heterocycles. The molecule has 18 heavy (non-hydrogen) atoms. The molecule has 0 unspecified atom stereocenters. The van der Waals surface area contributed by atoms with Crippen LogP contribution in [0, 0.1) is 11.3 Å². The number of imide groups is 1. The van der Waals surface area contributed by atoms with Gasteiger partial charge in [-0.3, -0.25) is 19.3 Å². The van der Waals surface area contributed by atoms with Crippen molar-refractivity contribution >= 4 is 17.8 Å². The molecule has 0 atom stereocenters. The second-order valence-electron chi connectivity index (χ2n) is 5.45. The summed E-state index contributed by atoms with van der Waals surface area (Å²) in [5.74, 6) is -0.491. The number of rotatable bonds is 5. The topological polar surface area (TPSA) is 63.7 Å². The highest BCUT2D eigenvalue weighted by molar-refractivity contribution is 6.01. The number of nitrogens with zero attached hydrogens (tertiary/aromatic N) is 1. The Balaban J connectivity index is 2.41. The zero-order valence-corrected chi connectivity index (χ0v) is 11.5. The Bertz CT molecular complexity index is 344. The monoisotopic (exact) mass is 255 g/mol.